The zero-order chi connectivity index (χ0) is 21.8. The van der Waals surface area contributed by atoms with Crippen molar-refractivity contribution in [3.05, 3.63) is 77.4 Å². The molecule has 0 fully saturated rings. The second-order valence-electron chi connectivity index (χ2n) is 9.71. The van der Waals surface area contributed by atoms with Crippen molar-refractivity contribution in [3.8, 4) is 0 Å². The molecule has 1 aliphatic carbocycles. The Morgan fingerprint density at radius 2 is 1.69 bits per heavy atom. The van der Waals surface area contributed by atoms with Gasteiger partial charge in [0.25, 0.3) is 0 Å². The maximum Gasteiger partial charge on any atom is 0.136 e. The molecule has 2 rings (SSSR count). The van der Waals surface area contributed by atoms with E-state index in [1.807, 2.05) is 25.2 Å². The van der Waals surface area contributed by atoms with Gasteiger partial charge in [-0.05, 0) is 70.4 Å². The van der Waals surface area contributed by atoms with Crippen LogP contribution in [0, 0.1) is 6.92 Å². The third-order valence-corrected chi connectivity index (χ3v) is 6.34. The number of hydrogen-bond acceptors (Lipinski definition) is 1. The van der Waals surface area contributed by atoms with E-state index in [-0.39, 0.29) is 16.6 Å². The molecule has 0 radical (unpaired) electrons. The van der Waals surface area contributed by atoms with Crippen molar-refractivity contribution in [1.29, 1.82) is 0 Å². The summed E-state index contributed by atoms with van der Waals surface area (Å²) in [5.74, 6) is 0.279. The zero-order valence-electron chi connectivity index (χ0n) is 19.3. The number of carbonyl (C=O) groups is 1. The average Bonchev–Trinajstić information content (AvgIpc) is 2.64. The van der Waals surface area contributed by atoms with E-state index in [0.29, 0.717) is 12.8 Å². The summed E-state index contributed by atoms with van der Waals surface area (Å²) >= 11 is 0. The molecular weight excluding hydrogens is 352 g/mol. The van der Waals surface area contributed by atoms with E-state index in [1.165, 1.54) is 35.1 Å². The molecule has 0 heterocycles. The van der Waals surface area contributed by atoms with Crippen molar-refractivity contribution in [2.45, 2.75) is 84.5 Å². The van der Waals surface area contributed by atoms with Crippen molar-refractivity contribution in [3.63, 3.8) is 0 Å². The van der Waals surface area contributed by atoms with Crippen LogP contribution in [0.4, 0.5) is 0 Å². The van der Waals surface area contributed by atoms with Gasteiger partial charge in [0.1, 0.15) is 5.78 Å². The number of benzene rings is 1. The van der Waals surface area contributed by atoms with Crippen LogP contribution in [0.2, 0.25) is 0 Å². The maximum atomic E-state index is 11.9. The highest BCUT2D eigenvalue weighted by Gasteiger charge is 2.37. The van der Waals surface area contributed by atoms with Crippen LogP contribution in [0.15, 0.2) is 55.2 Å². The lowest BCUT2D eigenvalue weighted by Crippen LogP contribution is -2.34. The number of fused-ring (bicyclic) bond motifs is 1. The van der Waals surface area contributed by atoms with Crippen LogP contribution in [0.3, 0.4) is 0 Å². The Morgan fingerprint density at radius 1 is 1.10 bits per heavy atom. The minimum absolute atomic E-state index is 0.165. The summed E-state index contributed by atoms with van der Waals surface area (Å²) in [6.45, 7) is 21.9. The van der Waals surface area contributed by atoms with Gasteiger partial charge in [-0.1, -0.05) is 84.2 Å². The van der Waals surface area contributed by atoms with Crippen LogP contribution >= 0.6 is 0 Å². The summed E-state index contributed by atoms with van der Waals surface area (Å²) in [5.41, 5.74) is 7.72. The third kappa shape index (κ3) is 5.26. The topological polar surface area (TPSA) is 17.1 Å². The summed E-state index contributed by atoms with van der Waals surface area (Å²) in [5, 5.41) is 0. The fourth-order valence-electron chi connectivity index (χ4n) is 4.28. The molecule has 0 bridgehead atoms. The highest BCUT2D eigenvalue weighted by molar-refractivity contribution is 5.84. The molecule has 1 aliphatic rings. The number of rotatable bonds is 8. The van der Waals surface area contributed by atoms with Crippen LogP contribution in [0.5, 0.6) is 0 Å². The zero-order valence-corrected chi connectivity index (χ0v) is 19.3. The first-order valence-corrected chi connectivity index (χ1v) is 10.9. The SMILES string of the molecule is C=C/C=C(\C=C/CC(=O)CCC)C(=C)c1cc2c(cc1C)C(C)(C)CCC2(C)C. The van der Waals surface area contributed by atoms with E-state index in [1.54, 1.807) is 6.08 Å². The van der Waals surface area contributed by atoms with Crippen molar-refractivity contribution in [2.24, 2.45) is 0 Å². The molecule has 0 unspecified atom stereocenters. The van der Waals surface area contributed by atoms with Gasteiger partial charge >= 0.3 is 0 Å². The first kappa shape index (κ1) is 23.1. The smallest absolute Gasteiger partial charge is 0.136 e. The molecule has 0 N–H and O–H groups in total. The molecule has 1 aromatic carbocycles. The Balaban J connectivity index is 2.43. The van der Waals surface area contributed by atoms with Gasteiger partial charge in [-0.25, -0.2) is 0 Å². The van der Waals surface area contributed by atoms with E-state index < -0.39 is 0 Å². The van der Waals surface area contributed by atoms with Gasteiger partial charge in [0.2, 0.25) is 0 Å². The second kappa shape index (κ2) is 9.11. The summed E-state index contributed by atoms with van der Waals surface area (Å²) in [4.78, 5) is 11.9. The van der Waals surface area contributed by atoms with Crippen molar-refractivity contribution >= 4 is 11.4 Å². The first-order valence-electron chi connectivity index (χ1n) is 10.9. The fraction of sp³-hybridized carbons (Fsp3) is 0.464. The minimum atomic E-state index is 0.165. The molecule has 1 aromatic rings. The van der Waals surface area contributed by atoms with Gasteiger partial charge in [0.15, 0.2) is 0 Å². The van der Waals surface area contributed by atoms with E-state index in [2.05, 4.69) is 59.9 Å². The Labute approximate surface area is 178 Å². The molecule has 0 spiro atoms. The molecule has 0 atom stereocenters. The molecule has 0 saturated heterocycles. The molecule has 1 heteroatoms. The number of carbonyl (C=O) groups excluding carboxylic acids is 1. The summed E-state index contributed by atoms with van der Waals surface area (Å²) in [7, 11) is 0. The molecule has 0 aliphatic heterocycles. The number of Topliss-reactive ketones (excluding diaryl/α,β-unsaturated/α-hetero) is 1. The lowest BCUT2D eigenvalue weighted by Gasteiger charge is -2.42. The standard InChI is InChI=1S/C28H38O/c1-9-12-22(14-11-15-23(29)13-10-2)21(4)24-19-26-25(18-20(24)3)27(5,6)16-17-28(26,7)8/h9,11-12,14,18-19H,1,4,10,13,15-17H2,2-3,5-8H3/b14-11-,22-12+. The van der Waals surface area contributed by atoms with E-state index in [9.17, 15) is 4.79 Å². The van der Waals surface area contributed by atoms with Crippen molar-refractivity contribution < 1.29 is 4.79 Å². The molecule has 0 aromatic heterocycles. The molecule has 29 heavy (non-hydrogen) atoms. The van der Waals surface area contributed by atoms with Gasteiger partial charge < -0.3 is 0 Å². The van der Waals surface area contributed by atoms with Crippen LogP contribution in [0.1, 0.15) is 89.0 Å². The predicted molar refractivity (Wildman–Crippen MR) is 127 cm³/mol. The highest BCUT2D eigenvalue weighted by Crippen LogP contribution is 2.47. The lowest BCUT2D eigenvalue weighted by atomic mass is 9.62. The fourth-order valence-corrected chi connectivity index (χ4v) is 4.28. The number of hydrogen-bond donors (Lipinski definition) is 0. The number of ketones is 1. The highest BCUT2D eigenvalue weighted by atomic mass is 16.1. The normalized spacial score (nSPS) is 17.8. The van der Waals surface area contributed by atoms with Gasteiger partial charge in [-0.15, -0.1) is 0 Å². The molecule has 0 amide bonds. The monoisotopic (exact) mass is 390 g/mol. The van der Waals surface area contributed by atoms with E-state index in [4.69, 9.17) is 0 Å². The van der Waals surface area contributed by atoms with Crippen LogP contribution in [0.25, 0.3) is 5.57 Å². The second-order valence-corrected chi connectivity index (χ2v) is 9.71. The van der Waals surface area contributed by atoms with E-state index in [0.717, 1.165) is 17.6 Å². The van der Waals surface area contributed by atoms with Gasteiger partial charge in [-0.2, -0.15) is 0 Å². The summed E-state index contributed by atoms with van der Waals surface area (Å²) in [6.07, 6.45) is 12.2. The number of aryl methyl sites for hydroxylation is 1. The molecule has 1 nitrogen and oxygen atoms in total. The van der Waals surface area contributed by atoms with Crippen molar-refractivity contribution in [2.75, 3.05) is 0 Å². The summed E-state index contributed by atoms with van der Waals surface area (Å²) in [6, 6.07) is 4.73. The van der Waals surface area contributed by atoms with Crippen LogP contribution < -0.4 is 0 Å². The number of allylic oxidation sites excluding steroid dienone is 6. The lowest BCUT2D eigenvalue weighted by molar-refractivity contribution is -0.118. The van der Waals surface area contributed by atoms with Gasteiger partial charge in [0.05, 0.1) is 0 Å². The van der Waals surface area contributed by atoms with Crippen molar-refractivity contribution in [1.82, 2.24) is 0 Å². The average molecular weight is 391 g/mol. The Bertz CT molecular complexity index is 859. The van der Waals surface area contributed by atoms with Crippen LogP contribution in [-0.4, -0.2) is 5.78 Å². The summed E-state index contributed by atoms with van der Waals surface area (Å²) < 4.78 is 0. The van der Waals surface area contributed by atoms with Gasteiger partial charge in [-0.3, -0.25) is 4.79 Å². The molecule has 156 valence electrons. The molecule has 0 saturated carbocycles. The third-order valence-electron chi connectivity index (χ3n) is 6.34. The van der Waals surface area contributed by atoms with Gasteiger partial charge in [0, 0.05) is 12.8 Å². The first-order chi connectivity index (χ1) is 13.5. The minimum Gasteiger partial charge on any atom is -0.299 e. The Morgan fingerprint density at radius 3 is 2.24 bits per heavy atom. The largest absolute Gasteiger partial charge is 0.299 e. The Kier molecular flexibility index (Phi) is 7.27. The Hall–Kier alpha value is -2.15. The molecular formula is C28H38O. The quantitative estimate of drug-likeness (QED) is 0.414. The maximum absolute atomic E-state index is 11.9. The van der Waals surface area contributed by atoms with E-state index >= 15 is 0 Å². The predicted octanol–water partition coefficient (Wildman–Crippen LogP) is 7.79. The van der Waals surface area contributed by atoms with Crippen LogP contribution in [-0.2, 0) is 15.6 Å².